The van der Waals surface area contributed by atoms with Crippen LogP contribution in [-0.4, -0.2) is 61.4 Å². The summed E-state index contributed by atoms with van der Waals surface area (Å²) < 4.78 is 16.8. The van der Waals surface area contributed by atoms with Crippen LogP contribution in [0, 0.1) is 11.8 Å². The van der Waals surface area contributed by atoms with Crippen LogP contribution in [0.15, 0.2) is 18.3 Å². The van der Waals surface area contributed by atoms with Crippen LogP contribution in [0.3, 0.4) is 0 Å². The van der Waals surface area contributed by atoms with Gasteiger partial charge in [-0.15, -0.1) is 0 Å². The molecule has 0 radical (unpaired) electrons. The van der Waals surface area contributed by atoms with E-state index in [1.54, 1.807) is 18.3 Å². The topological polar surface area (TPSA) is 60.9 Å². The third kappa shape index (κ3) is 4.24. The molecule has 6 nitrogen and oxygen atoms in total. The molecule has 0 saturated carbocycles. The lowest BCUT2D eigenvalue weighted by atomic mass is 9.96. The van der Waals surface area contributed by atoms with E-state index in [-0.39, 0.29) is 12.0 Å². The number of pyridine rings is 1. The molecule has 2 atom stereocenters. The van der Waals surface area contributed by atoms with Crippen LogP contribution in [0.1, 0.15) is 30.6 Å². The van der Waals surface area contributed by atoms with Gasteiger partial charge in [-0.3, -0.25) is 4.79 Å². The summed E-state index contributed by atoms with van der Waals surface area (Å²) >= 11 is 0. The average molecular weight is 334 g/mol. The van der Waals surface area contributed by atoms with Crippen molar-refractivity contribution in [3.63, 3.8) is 0 Å². The molecule has 0 spiro atoms. The van der Waals surface area contributed by atoms with Crippen LogP contribution in [-0.2, 0) is 9.47 Å². The van der Waals surface area contributed by atoms with E-state index in [2.05, 4.69) is 18.8 Å². The lowest BCUT2D eigenvalue weighted by molar-refractivity contribution is 0.0732. The summed E-state index contributed by atoms with van der Waals surface area (Å²) in [7, 11) is 0. The Morgan fingerprint density at radius 2 is 2.17 bits per heavy atom. The summed E-state index contributed by atoms with van der Waals surface area (Å²) in [6.07, 6.45) is 2.52. The zero-order valence-electron chi connectivity index (χ0n) is 14.4. The van der Waals surface area contributed by atoms with Gasteiger partial charge in [-0.25, -0.2) is 4.98 Å². The van der Waals surface area contributed by atoms with Gasteiger partial charge in [-0.05, 0) is 12.0 Å². The highest BCUT2D eigenvalue weighted by Crippen LogP contribution is 2.20. The second-order valence-electron chi connectivity index (χ2n) is 6.82. The Bertz CT molecular complexity index is 558. The van der Waals surface area contributed by atoms with Gasteiger partial charge < -0.3 is 19.1 Å². The predicted octanol–water partition coefficient (Wildman–Crippen LogP) is 1.99. The normalized spacial score (nSPS) is 24.9. The van der Waals surface area contributed by atoms with Crippen molar-refractivity contribution in [3.8, 4) is 5.88 Å². The zero-order chi connectivity index (χ0) is 16.9. The minimum atomic E-state index is 0.0149. The molecule has 1 aromatic heterocycles. The van der Waals surface area contributed by atoms with Crippen molar-refractivity contribution >= 4 is 5.91 Å². The van der Waals surface area contributed by atoms with Crippen molar-refractivity contribution in [1.29, 1.82) is 0 Å². The van der Waals surface area contributed by atoms with Crippen molar-refractivity contribution < 1.29 is 19.0 Å². The maximum Gasteiger partial charge on any atom is 0.254 e. The smallest absolute Gasteiger partial charge is 0.254 e. The van der Waals surface area contributed by atoms with Crippen molar-refractivity contribution in [3.05, 3.63) is 23.9 Å². The molecule has 0 N–H and O–H groups in total. The number of carbonyl (C=O) groups excluding carboxylic acids is 1. The molecule has 6 heteroatoms. The Hall–Kier alpha value is -1.66. The third-order valence-corrected chi connectivity index (χ3v) is 4.68. The van der Waals surface area contributed by atoms with Gasteiger partial charge in [0.25, 0.3) is 5.91 Å². The molecule has 0 aliphatic carbocycles. The van der Waals surface area contributed by atoms with Crippen molar-refractivity contribution in [1.82, 2.24) is 9.88 Å². The zero-order valence-corrected chi connectivity index (χ0v) is 14.4. The van der Waals surface area contributed by atoms with E-state index in [1.165, 1.54) is 0 Å². The maximum absolute atomic E-state index is 12.9. The van der Waals surface area contributed by atoms with Gasteiger partial charge in [0.15, 0.2) is 0 Å². The Kier molecular flexibility index (Phi) is 5.68. The van der Waals surface area contributed by atoms with Crippen LogP contribution in [0.2, 0.25) is 0 Å². The van der Waals surface area contributed by atoms with E-state index < -0.39 is 0 Å². The molecular weight excluding hydrogens is 308 g/mol. The second-order valence-corrected chi connectivity index (χ2v) is 6.82. The van der Waals surface area contributed by atoms with Gasteiger partial charge >= 0.3 is 0 Å². The standard InChI is InChI=1S/C18H26N2O4/c1-13(2)15-10-20(6-8-23-11-15)18(21)14-3-5-19-17(9-14)24-16-4-7-22-12-16/h3,5,9,13,15-16H,4,6-8,10-12H2,1-2H3. The SMILES string of the molecule is CC(C)C1COCCN(C(=O)c2ccnc(OC3CCOC3)c2)C1. The predicted molar refractivity (Wildman–Crippen MR) is 89.1 cm³/mol. The minimum absolute atomic E-state index is 0.0149. The molecule has 2 aliphatic rings. The summed E-state index contributed by atoms with van der Waals surface area (Å²) in [5, 5.41) is 0. The van der Waals surface area contributed by atoms with Crippen molar-refractivity contribution in [2.24, 2.45) is 11.8 Å². The molecule has 24 heavy (non-hydrogen) atoms. The van der Waals surface area contributed by atoms with Crippen LogP contribution < -0.4 is 4.74 Å². The number of aromatic nitrogens is 1. The van der Waals surface area contributed by atoms with E-state index in [4.69, 9.17) is 14.2 Å². The van der Waals surface area contributed by atoms with Crippen LogP contribution in [0.4, 0.5) is 0 Å². The molecule has 1 aromatic rings. The summed E-state index contributed by atoms with van der Waals surface area (Å²) in [6, 6.07) is 3.48. The summed E-state index contributed by atoms with van der Waals surface area (Å²) in [5.74, 6) is 1.35. The lowest BCUT2D eigenvalue weighted by Crippen LogP contribution is -2.37. The molecule has 1 amide bonds. The molecule has 3 rings (SSSR count). The van der Waals surface area contributed by atoms with Gasteiger partial charge in [-0.2, -0.15) is 0 Å². The van der Waals surface area contributed by atoms with Crippen LogP contribution in [0.5, 0.6) is 5.88 Å². The highest BCUT2D eigenvalue weighted by Gasteiger charge is 2.26. The fourth-order valence-corrected chi connectivity index (χ4v) is 2.99. The highest BCUT2D eigenvalue weighted by molar-refractivity contribution is 5.94. The molecule has 2 aliphatic heterocycles. The quantitative estimate of drug-likeness (QED) is 0.843. The Morgan fingerprint density at radius 1 is 1.33 bits per heavy atom. The number of hydrogen-bond donors (Lipinski definition) is 0. The molecule has 2 saturated heterocycles. The first-order chi connectivity index (χ1) is 11.6. The van der Waals surface area contributed by atoms with Gasteiger partial charge in [0.1, 0.15) is 6.10 Å². The Labute approximate surface area is 143 Å². The van der Waals surface area contributed by atoms with Crippen LogP contribution >= 0.6 is 0 Å². The lowest BCUT2D eigenvalue weighted by Gasteiger charge is -2.25. The summed E-state index contributed by atoms with van der Waals surface area (Å²) in [5.41, 5.74) is 0.614. The fraction of sp³-hybridized carbons (Fsp3) is 0.667. The molecule has 132 valence electrons. The largest absolute Gasteiger partial charge is 0.472 e. The number of rotatable bonds is 4. The Morgan fingerprint density at radius 3 is 2.92 bits per heavy atom. The first kappa shape index (κ1) is 17.2. The number of carbonyl (C=O) groups is 1. The maximum atomic E-state index is 12.9. The van der Waals surface area contributed by atoms with Gasteiger partial charge in [-0.1, -0.05) is 13.8 Å². The van der Waals surface area contributed by atoms with Gasteiger partial charge in [0.05, 0.1) is 26.4 Å². The fourth-order valence-electron chi connectivity index (χ4n) is 2.99. The van der Waals surface area contributed by atoms with Crippen molar-refractivity contribution in [2.75, 3.05) is 39.5 Å². The number of amides is 1. The molecular formula is C18H26N2O4. The van der Waals surface area contributed by atoms with Crippen molar-refractivity contribution in [2.45, 2.75) is 26.4 Å². The summed E-state index contributed by atoms with van der Waals surface area (Å²) in [4.78, 5) is 19.0. The van der Waals surface area contributed by atoms with E-state index in [9.17, 15) is 4.79 Å². The average Bonchev–Trinajstić information content (AvgIpc) is 2.95. The number of hydrogen-bond acceptors (Lipinski definition) is 5. The van der Waals surface area contributed by atoms with Gasteiger partial charge in [0, 0.05) is 43.3 Å². The van der Waals surface area contributed by atoms with E-state index in [0.29, 0.717) is 56.3 Å². The van der Waals surface area contributed by atoms with E-state index in [1.807, 2.05) is 4.90 Å². The van der Waals surface area contributed by atoms with Gasteiger partial charge in [0.2, 0.25) is 5.88 Å². The number of nitrogens with zero attached hydrogens (tertiary/aromatic N) is 2. The third-order valence-electron chi connectivity index (χ3n) is 4.68. The van der Waals surface area contributed by atoms with E-state index >= 15 is 0 Å². The summed E-state index contributed by atoms with van der Waals surface area (Å²) in [6.45, 7) is 8.29. The number of ether oxygens (including phenoxy) is 3. The van der Waals surface area contributed by atoms with E-state index in [0.717, 1.165) is 13.0 Å². The molecule has 0 bridgehead atoms. The monoisotopic (exact) mass is 334 g/mol. The highest BCUT2D eigenvalue weighted by atomic mass is 16.5. The first-order valence-corrected chi connectivity index (χ1v) is 8.71. The minimum Gasteiger partial charge on any atom is -0.472 e. The molecule has 2 unspecified atom stereocenters. The molecule has 3 heterocycles. The Balaban J connectivity index is 1.69. The molecule has 0 aromatic carbocycles. The molecule has 2 fully saturated rings. The second kappa shape index (κ2) is 7.94. The van der Waals surface area contributed by atoms with Crippen LogP contribution in [0.25, 0.3) is 0 Å². The first-order valence-electron chi connectivity index (χ1n) is 8.71.